The molecule has 0 aliphatic carbocycles. The molecule has 5 heteroatoms. The van der Waals surface area contributed by atoms with Crippen molar-refractivity contribution in [3.63, 3.8) is 0 Å². The SMILES string of the molecule is CB1C=c2c(oc3ncccc23)=CN1N1[C@@H](C)C(C)(C)CC1(C)C. The van der Waals surface area contributed by atoms with Crippen molar-refractivity contribution in [3.8, 4) is 0 Å². The Morgan fingerprint density at radius 3 is 2.71 bits per heavy atom. The average molecular weight is 323 g/mol. The van der Waals surface area contributed by atoms with Crippen LogP contribution in [0.2, 0.25) is 6.82 Å². The van der Waals surface area contributed by atoms with Gasteiger partial charge in [0.25, 0.3) is 6.85 Å². The molecule has 4 rings (SSSR count). The zero-order chi connectivity index (χ0) is 17.3. The first kappa shape index (κ1) is 15.8. The molecule has 126 valence electrons. The van der Waals surface area contributed by atoms with Gasteiger partial charge in [0.2, 0.25) is 5.71 Å². The van der Waals surface area contributed by atoms with Gasteiger partial charge in [0, 0.05) is 34.6 Å². The Morgan fingerprint density at radius 2 is 2.04 bits per heavy atom. The van der Waals surface area contributed by atoms with E-state index < -0.39 is 0 Å². The second-order valence-electron chi connectivity index (χ2n) is 8.65. The van der Waals surface area contributed by atoms with E-state index in [1.54, 1.807) is 6.20 Å². The lowest BCUT2D eigenvalue weighted by molar-refractivity contribution is 0.00194. The number of nitrogens with zero attached hydrogens (tertiary/aromatic N) is 3. The second kappa shape index (κ2) is 4.88. The van der Waals surface area contributed by atoms with Gasteiger partial charge in [-0.3, -0.25) is 0 Å². The Morgan fingerprint density at radius 1 is 1.29 bits per heavy atom. The molecule has 24 heavy (non-hydrogen) atoms. The zero-order valence-corrected chi connectivity index (χ0v) is 15.5. The first-order chi connectivity index (χ1) is 11.2. The first-order valence-electron chi connectivity index (χ1n) is 8.85. The molecule has 1 saturated heterocycles. The van der Waals surface area contributed by atoms with Crippen molar-refractivity contribution >= 4 is 30.1 Å². The van der Waals surface area contributed by atoms with Crippen molar-refractivity contribution in [1.29, 1.82) is 0 Å². The maximum Gasteiger partial charge on any atom is 0.296 e. The number of hydrogen-bond acceptors (Lipinski definition) is 4. The van der Waals surface area contributed by atoms with Crippen molar-refractivity contribution < 1.29 is 4.42 Å². The summed E-state index contributed by atoms with van der Waals surface area (Å²) in [5.74, 6) is 2.30. The quantitative estimate of drug-likeness (QED) is 0.755. The lowest BCUT2D eigenvalue weighted by Crippen LogP contribution is -2.58. The number of hydrogen-bond donors (Lipinski definition) is 0. The molecule has 0 N–H and O–H groups in total. The molecule has 1 atom stereocenters. The van der Waals surface area contributed by atoms with Crippen molar-refractivity contribution in [2.75, 3.05) is 0 Å². The van der Waals surface area contributed by atoms with Crippen LogP contribution in [0, 0.1) is 5.41 Å². The van der Waals surface area contributed by atoms with E-state index in [9.17, 15) is 0 Å². The molecular formula is C19H26BN3O. The van der Waals surface area contributed by atoms with Crippen LogP contribution >= 0.6 is 0 Å². The number of aromatic nitrogens is 1. The molecule has 0 saturated carbocycles. The molecule has 0 bridgehead atoms. The maximum atomic E-state index is 6.02. The van der Waals surface area contributed by atoms with Crippen molar-refractivity contribution in [2.24, 2.45) is 5.41 Å². The van der Waals surface area contributed by atoms with E-state index in [1.165, 1.54) is 11.6 Å². The number of fused-ring (bicyclic) bond motifs is 3. The third-order valence-electron chi connectivity index (χ3n) is 5.86. The third-order valence-corrected chi connectivity index (χ3v) is 5.86. The van der Waals surface area contributed by atoms with E-state index in [0.29, 0.717) is 6.04 Å². The summed E-state index contributed by atoms with van der Waals surface area (Å²) in [6.07, 6.45) is 5.13. The summed E-state index contributed by atoms with van der Waals surface area (Å²) >= 11 is 0. The van der Waals surface area contributed by atoms with Gasteiger partial charge >= 0.3 is 0 Å². The van der Waals surface area contributed by atoms with Gasteiger partial charge in [0.05, 0.1) is 0 Å². The van der Waals surface area contributed by atoms with E-state index in [2.05, 4.69) is 74.6 Å². The summed E-state index contributed by atoms with van der Waals surface area (Å²) in [7, 11) is 0. The fourth-order valence-corrected chi connectivity index (χ4v) is 4.76. The van der Waals surface area contributed by atoms with Crippen LogP contribution in [0.5, 0.6) is 0 Å². The Hall–Kier alpha value is -1.75. The number of furan rings is 1. The molecule has 2 aromatic heterocycles. The maximum absolute atomic E-state index is 6.02. The Bertz CT molecular complexity index is 914. The molecule has 2 aromatic rings. The normalized spacial score (nSPS) is 25.5. The predicted octanol–water partition coefficient (Wildman–Crippen LogP) is 2.64. The smallest absolute Gasteiger partial charge is 0.296 e. The van der Waals surface area contributed by atoms with Gasteiger partial charge in [0.1, 0.15) is 0 Å². The van der Waals surface area contributed by atoms with Crippen LogP contribution in [0.3, 0.4) is 0 Å². The number of pyridine rings is 1. The highest BCUT2D eigenvalue weighted by Gasteiger charge is 2.51. The number of rotatable bonds is 1. The molecule has 0 unspecified atom stereocenters. The number of hydrazine groups is 1. The average Bonchev–Trinajstić information content (AvgIpc) is 2.91. The lowest BCUT2D eigenvalue weighted by atomic mass is 9.62. The fourth-order valence-electron chi connectivity index (χ4n) is 4.76. The molecule has 1 fully saturated rings. The van der Waals surface area contributed by atoms with Crippen molar-refractivity contribution in [3.05, 3.63) is 29.0 Å². The van der Waals surface area contributed by atoms with Gasteiger partial charge in [-0.2, -0.15) is 0 Å². The fraction of sp³-hybridized carbons (Fsp3) is 0.526. The van der Waals surface area contributed by atoms with Gasteiger partial charge in [-0.05, 0) is 44.7 Å². The molecule has 0 aromatic carbocycles. The van der Waals surface area contributed by atoms with Gasteiger partial charge < -0.3 is 9.34 Å². The highest BCUT2D eigenvalue weighted by molar-refractivity contribution is 6.70. The first-order valence-corrected chi connectivity index (χ1v) is 8.85. The summed E-state index contributed by atoms with van der Waals surface area (Å²) in [5.41, 5.74) is 2.03. The van der Waals surface area contributed by atoms with Crippen LogP contribution in [0.15, 0.2) is 22.7 Å². The third kappa shape index (κ3) is 2.14. The molecule has 2 aliphatic rings. The summed E-state index contributed by atoms with van der Waals surface area (Å²) in [6, 6.07) is 4.52. The lowest BCUT2D eigenvalue weighted by Gasteiger charge is -2.45. The van der Waals surface area contributed by atoms with Crippen LogP contribution in [0.4, 0.5) is 0 Å². The molecule has 4 heterocycles. The zero-order valence-electron chi connectivity index (χ0n) is 15.5. The van der Waals surface area contributed by atoms with E-state index >= 15 is 0 Å². The standard InChI is InChI=1S/C19H26BN3O/c1-13-18(2,3)12-19(4,5)23(13)22-11-16-15(10-20(22)6)14-8-7-9-21-17(14)24-16/h7-11,13H,12H2,1-6H3/t13-/m0/s1. The molecule has 0 spiro atoms. The molecule has 4 nitrogen and oxygen atoms in total. The van der Waals surface area contributed by atoms with E-state index in [-0.39, 0.29) is 17.8 Å². The Kier molecular flexibility index (Phi) is 3.21. The summed E-state index contributed by atoms with van der Waals surface area (Å²) < 4.78 is 6.02. The molecular weight excluding hydrogens is 297 g/mol. The second-order valence-corrected chi connectivity index (χ2v) is 8.65. The Balaban J connectivity index is 1.86. The van der Waals surface area contributed by atoms with Gasteiger partial charge in [0.15, 0.2) is 5.42 Å². The molecule has 2 aliphatic heterocycles. The molecule has 0 radical (unpaired) electrons. The van der Waals surface area contributed by atoms with E-state index in [4.69, 9.17) is 4.42 Å². The van der Waals surface area contributed by atoms with Gasteiger partial charge in [-0.15, -0.1) is 0 Å². The summed E-state index contributed by atoms with van der Waals surface area (Å²) in [4.78, 5) is 6.73. The highest BCUT2D eigenvalue weighted by Crippen LogP contribution is 2.47. The van der Waals surface area contributed by atoms with Crippen LogP contribution in [-0.2, 0) is 0 Å². The monoisotopic (exact) mass is 323 g/mol. The van der Waals surface area contributed by atoms with Gasteiger partial charge in [-0.1, -0.05) is 26.6 Å². The van der Waals surface area contributed by atoms with Gasteiger partial charge in [-0.25, -0.2) is 9.99 Å². The van der Waals surface area contributed by atoms with Crippen LogP contribution in [0.1, 0.15) is 41.0 Å². The molecule has 0 amide bonds. The topological polar surface area (TPSA) is 32.5 Å². The summed E-state index contributed by atoms with van der Waals surface area (Å²) in [6.45, 7) is 14.3. The van der Waals surface area contributed by atoms with Crippen molar-refractivity contribution in [1.82, 2.24) is 14.9 Å². The van der Waals surface area contributed by atoms with E-state index in [1.807, 2.05) is 6.07 Å². The van der Waals surface area contributed by atoms with Crippen LogP contribution in [-0.4, -0.2) is 33.3 Å². The van der Waals surface area contributed by atoms with E-state index in [0.717, 1.165) is 16.5 Å². The predicted molar refractivity (Wildman–Crippen MR) is 99.4 cm³/mol. The van der Waals surface area contributed by atoms with Crippen molar-refractivity contribution in [2.45, 2.75) is 59.4 Å². The minimum Gasteiger partial charge on any atom is -0.436 e. The largest absolute Gasteiger partial charge is 0.436 e. The minimum atomic E-state index is 0.114. The van der Waals surface area contributed by atoms with Crippen LogP contribution in [0.25, 0.3) is 23.3 Å². The Labute approximate surface area is 143 Å². The van der Waals surface area contributed by atoms with Crippen LogP contribution < -0.4 is 10.6 Å². The summed E-state index contributed by atoms with van der Waals surface area (Å²) in [5, 5.41) is 4.81. The highest BCUT2D eigenvalue weighted by atomic mass is 16.3. The minimum absolute atomic E-state index is 0.114.